The van der Waals surface area contributed by atoms with Crippen LogP contribution in [0.4, 0.5) is 0 Å². The van der Waals surface area contributed by atoms with Gasteiger partial charge in [-0.15, -0.1) is 0 Å². The van der Waals surface area contributed by atoms with Crippen molar-refractivity contribution >= 4 is 5.91 Å². The zero-order valence-corrected chi connectivity index (χ0v) is 18.1. The number of rotatable bonds is 4. The monoisotopic (exact) mass is 410 g/mol. The summed E-state index contributed by atoms with van der Waals surface area (Å²) in [6, 6.07) is 9.65. The molecular weight excluding hydrogens is 380 g/mol. The predicted molar refractivity (Wildman–Crippen MR) is 115 cm³/mol. The maximum absolute atomic E-state index is 13.2. The minimum Gasteiger partial charge on any atom is -0.497 e. The van der Waals surface area contributed by atoms with Crippen LogP contribution >= 0.6 is 0 Å². The number of hydrogen-bond donors (Lipinski definition) is 0. The molecule has 0 N–H and O–H groups in total. The fourth-order valence-electron chi connectivity index (χ4n) is 5.15. The van der Waals surface area contributed by atoms with Crippen molar-refractivity contribution in [3.05, 3.63) is 63.2 Å². The Balaban J connectivity index is 1.46. The highest BCUT2D eigenvalue weighted by Gasteiger charge is 2.43. The molecule has 2 aromatic rings. The van der Waals surface area contributed by atoms with Gasteiger partial charge in [-0.3, -0.25) is 9.69 Å². The zero-order valence-electron chi connectivity index (χ0n) is 18.1. The zero-order chi connectivity index (χ0) is 21.3. The number of hydrogen-bond acceptors (Lipinski definition) is 5. The summed E-state index contributed by atoms with van der Waals surface area (Å²) in [5, 5.41) is 0. The molecule has 1 amide bonds. The summed E-state index contributed by atoms with van der Waals surface area (Å²) in [5.74, 6) is 1.28. The molecule has 1 aromatic heterocycles. The van der Waals surface area contributed by atoms with Crippen molar-refractivity contribution in [1.82, 2.24) is 9.80 Å². The van der Waals surface area contributed by atoms with Crippen molar-refractivity contribution in [2.24, 2.45) is 5.41 Å². The molecule has 6 heteroatoms. The number of amides is 1. The Morgan fingerprint density at radius 2 is 2.00 bits per heavy atom. The minimum absolute atomic E-state index is 0.0180. The summed E-state index contributed by atoms with van der Waals surface area (Å²) in [5.41, 5.74) is 2.22. The summed E-state index contributed by atoms with van der Waals surface area (Å²) in [6.07, 6.45) is 3.31. The number of carbonyl (C=O) groups excluding carboxylic acids is 1. The average molecular weight is 411 g/mol. The fraction of sp³-hybridized carbons (Fsp3) is 0.500. The lowest BCUT2D eigenvalue weighted by Gasteiger charge is -2.40. The third kappa shape index (κ3) is 4.15. The van der Waals surface area contributed by atoms with Crippen LogP contribution in [0.15, 0.2) is 39.5 Å². The van der Waals surface area contributed by atoms with Gasteiger partial charge in [0.2, 0.25) is 0 Å². The number of piperidine rings is 1. The molecule has 1 unspecified atom stereocenters. The van der Waals surface area contributed by atoms with Crippen LogP contribution in [-0.2, 0) is 6.54 Å². The second-order valence-electron chi connectivity index (χ2n) is 8.82. The quantitative estimate of drug-likeness (QED) is 0.773. The Morgan fingerprint density at radius 3 is 2.77 bits per heavy atom. The number of carbonyl (C=O) groups is 1. The van der Waals surface area contributed by atoms with Crippen LogP contribution in [0, 0.1) is 19.3 Å². The molecule has 0 saturated carbocycles. The van der Waals surface area contributed by atoms with Crippen LogP contribution in [-0.4, -0.2) is 49.0 Å². The summed E-state index contributed by atoms with van der Waals surface area (Å²) < 4.78 is 10.5. The van der Waals surface area contributed by atoms with Gasteiger partial charge in [-0.25, -0.2) is 4.79 Å². The molecular formula is C24H30N2O4. The lowest BCUT2D eigenvalue weighted by atomic mass is 9.79. The number of nitrogens with zero attached hydrogens (tertiary/aromatic N) is 2. The molecule has 3 heterocycles. The van der Waals surface area contributed by atoms with Crippen LogP contribution in [0.3, 0.4) is 0 Å². The van der Waals surface area contributed by atoms with E-state index in [0.29, 0.717) is 16.9 Å². The Hall–Kier alpha value is -2.60. The normalized spacial score (nSPS) is 21.9. The van der Waals surface area contributed by atoms with Crippen LogP contribution in [0.5, 0.6) is 5.75 Å². The van der Waals surface area contributed by atoms with E-state index in [9.17, 15) is 9.59 Å². The molecule has 0 radical (unpaired) electrons. The van der Waals surface area contributed by atoms with Crippen molar-refractivity contribution in [1.29, 1.82) is 0 Å². The van der Waals surface area contributed by atoms with E-state index in [4.69, 9.17) is 9.15 Å². The fourth-order valence-corrected chi connectivity index (χ4v) is 5.15. The highest BCUT2D eigenvalue weighted by Crippen LogP contribution is 2.40. The summed E-state index contributed by atoms with van der Waals surface area (Å²) >= 11 is 0. The minimum atomic E-state index is -0.403. The van der Waals surface area contributed by atoms with Gasteiger partial charge in [0.15, 0.2) is 0 Å². The van der Waals surface area contributed by atoms with E-state index in [1.165, 1.54) is 11.6 Å². The first-order valence-electron chi connectivity index (χ1n) is 10.7. The number of methoxy groups -OCH3 is 1. The molecule has 2 saturated heterocycles. The summed E-state index contributed by atoms with van der Waals surface area (Å²) in [6.45, 7) is 7.99. The van der Waals surface area contributed by atoms with Crippen LogP contribution in [0.1, 0.15) is 46.5 Å². The lowest BCUT2D eigenvalue weighted by Crippen LogP contribution is -2.45. The number of benzene rings is 1. The van der Waals surface area contributed by atoms with Crippen LogP contribution in [0.2, 0.25) is 0 Å². The van der Waals surface area contributed by atoms with E-state index in [-0.39, 0.29) is 11.3 Å². The predicted octanol–water partition coefficient (Wildman–Crippen LogP) is 3.39. The molecule has 2 aliphatic heterocycles. The maximum atomic E-state index is 13.2. The molecule has 2 fully saturated rings. The SMILES string of the molecule is COc1cccc(CN2CCCC3(CCN(C(=O)c4c(C)cc(=O)oc4C)C3)C2)c1. The molecule has 0 aliphatic carbocycles. The number of likely N-dealkylation sites (tertiary alicyclic amines) is 2. The Morgan fingerprint density at radius 1 is 1.17 bits per heavy atom. The van der Waals surface area contributed by atoms with Gasteiger partial charge >= 0.3 is 5.63 Å². The third-order valence-corrected chi connectivity index (χ3v) is 6.55. The molecule has 4 rings (SSSR count). The molecule has 1 aromatic carbocycles. The van der Waals surface area contributed by atoms with Gasteiger partial charge in [0.25, 0.3) is 5.91 Å². The third-order valence-electron chi connectivity index (χ3n) is 6.55. The van der Waals surface area contributed by atoms with Gasteiger partial charge in [0.05, 0.1) is 12.7 Å². The van der Waals surface area contributed by atoms with E-state index < -0.39 is 5.63 Å². The molecule has 160 valence electrons. The van der Waals surface area contributed by atoms with Gasteiger partial charge in [-0.05, 0) is 62.9 Å². The van der Waals surface area contributed by atoms with Gasteiger partial charge in [0, 0.05) is 37.7 Å². The smallest absolute Gasteiger partial charge is 0.336 e. The highest BCUT2D eigenvalue weighted by atomic mass is 16.5. The lowest BCUT2D eigenvalue weighted by molar-refractivity contribution is 0.0671. The summed E-state index contributed by atoms with van der Waals surface area (Å²) in [7, 11) is 1.69. The molecule has 1 atom stereocenters. The van der Waals surface area contributed by atoms with Gasteiger partial charge < -0.3 is 14.1 Å². The van der Waals surface area contributed by atoms with E-state index in [1.54, 1.807) is 21.0 Å². The first-order chi connectivity index (χ1) is 14.4. The van der Waals surface area contributed by atoms with Crippen molar-refractivity contribution < 1.29 is 13.9 Å². The number of aryl methyl sites for hydroxylation is 2. The topological polar surface area (TPSA) is 63.0 Å². The van der Waals surface area contributed by atoms with Gasteiger partial charge in [-0.2, -0.15) is 0 Å². The Kier molecular flexibility index (Phi) is 5.69. The van der Waals surface area contributed by atoms with Crippen molar-refractivity contribution in [2.45, 2.75) is 39.7 Å². The van der Waals surface area contributed by atoms with Crippen LogP contribution < -0.4 is 10.4 Å². The van der Waals surface area contributed by atoms with E-state index in [1.807, 2.05) is 17.0 Å². The van der Waals surface area contributed by atoms with Gasteiger partial charge in [0.1, 0.15) is 11.5 Å². The largest absolute Gasteiger partial charge is 0.497 e. The highest BCUT2D eigenvalue weighted by molar-refractivity contribution is 5.96. The molecule has 2 aliphatic rings. The maximum Gasteiger partial charge on any atom is 0.336 e. The number of ether oxygens (including phenoxy) is 1. The van der Waals surface area contributed by atoms with Crippen molar-refractivity contribution in [3.8, 4) is 5.75 Å². The first-order valence-corrected chi connectivity index (χ1v) is 10.7. The van der Waals surface area contributed by atoms with E-state index in [0.717, 1.165) is 57.7 Å². The first kappa shape index (κ1) is 20.7. The molecule has 1 spiro atoms. The second kappa shape index (κ2) is 8.26. The molecule has 30 heavy (non-hydrogen) atoms. The van der Waals surface area contributed by atoms with Crippen LogP contribution in [0.25, 0.3) is 0 Å². The van der Waals surface area contributed by atoms with E-state index in [2.05, 4.69) is 17.0 Å². The standard InChI is InChI=1S/C24H30N2O4/c1-17-12-21(27)30-18(2)22(17)23(28)26-11-9-24(16-26)8-5-10-25(15-24)14-19-6-4-7-20(13-19)29-3/h4,6-7,12-13H,5,8-11,14-16H2,1-3H3. The molecule has 6 nitrogen and oxygen atoms in total. The second-order valence-corrected chi connectivity index (χ2v) is 8.82. The van der Waals surface area contributed by atoms with E-state index >= 15 is 0 Å². The Bertz CT molecular complexity index is 973. The molecule has 0 bridgehead atoms. The average Bonchev–Trinajstić information content (AvgIpc) is 3.10. The van der Waals surface area contributed by atoms with Crippen molar-refractivity contribution in [2.75, 3.05) is 33.3 Å². The van der Waals surface area contributed by atoms with Crippen molar-refractivity contribution in [3.63, 3.8) is 0 Å². The van der Waals surface area contributed by atoms with Gasteiger partial charge in [-0.1, -0.05) is 12.1 Å². The Labute approximate surface area is 177 Å². The summed E-state index contributed by atoms with van der Waals surface area (Å²) in [4.78, 5) is 29.2.